The fourth-order valence-electron chi connectivity index (χ4n) is 5.50. The summed E-state index contributed by atoms with van der Waals surface area (Å²) in [4.78, 5) is 29.5. The maximum absolute atomic E-state index is 14.4. The minimum absolute atomic E-state index is 0.0155. The predicted octanol–water partition coefficient (Wildman–Crippen LogP) is 7.72. The summed E-state index contributed by atoms with van der Waals surface area (Å²) >= 11 is 19.0. The van der Waals surface area contributed by atoms with E-state index in [0.717, 1.165) is 42.0 Å². The number of benzene rings is 3. The Kier molecular flexibility index (Phi) is 11.6. The fraction of sp³-hybridized carbons (Fsp3) is 0.394. The van der Waals surface area contributed by atoms with Gasteiger partial charge in [-0.1, -0.05) is 90.8 Å². The molecule has 1 fully saturated rings. The number of aryl methyl sites for hydroxylation is 2. The molecule has 0 heterocycles. The van der Waals surface area contributed by atoms with E-state index in [-0.39, 0.29) is 29.1 Å². The molecule has 0 radical (unpaired) electrons. The summed E-state index contributed by atoms with van der Waals surface area (Å²) in [5.74, 6) is -0.832. The number of nitrogens with zero attached hydrogens (tertiary/aromatic N) is 2. The van der Waals surface area contributed by atoms with E-state index in [1.807, 2.05) is 13.8 Å². The molecule has 4 rings (SSSR count). The standard InChI is InChI=1S/C33H38Cl3N3O4S/c1-4-30(33(41)37-27-8-6-5-7-9-27)38(20-24-13-15-25(34)18-29(24)36)32(40)21-39(31-19-26(35)14-12-23(31)3)44(42,43)28-16-10-22(2)11-17-28/h10-19,27,30H,4-9,20-21H2,1-3H3,(H,37,41). The molecule has 1 N–H and O–H groups in total. The SMILES string of the molecule is CCC(C(=O)NC1CCCCC1)N(Cc1ccc(Cl)cc1Cl)C(=O)CN(c1cc(Cl)ccc1C)S(=O)(=O)c1ccc(C)cc1. The quantitative estimate of drug-likeness (QED) is 0.225. The van der Waals surface area contributed by atoms with E-state index in [0.29, 0.717) is 32.6 Å². The summed E-state index contributed by atoms with van der Waals surface area (Å²) in [6.07, 6.45) is 5.30. The van der Waals surface area contributed by atoms with E-state index in [2.05, 4.69) is 5.32 Å². The maximum atomic E-state index is 14.4. The van der Waals surface area contributed by atoms with Crippen LogP contribution in [0.3, 0.4) is 0 Å². The molecule has 0 saturated heterocycles. The Morgan fingerprint density at radius 1 is 0.909 bits per heavy atom. The van der Waals surface area contributed by atoms with Crippen LogP contribution in [0.4, 0.5) is 5.69 Å². The molecule has 236 valence electrons. The van der Waals surface area contributed by atoms with Crippen molar-refractivity contribution in [3.05, 3.63) is 92.4 Å². The highest BCUT2D eigenvalue weighted by molar-refractivity contribution is 7.92. The topological polar surface area (TPSA) is 86.8 Å². The van der Waals surface area contributed by atoms with Crippen molar-refractivity contribution < 1.29 is 18.0 Å². The molecule has 2 amide bonds. The number of nitrogens with one attached hydrogen (secondary N) is 1. The van der Waals surface area contributed by atoms with Crippen LogP contribution >= 0.6 is 34.8 Å². The third kappa shape index (κ3) is 8.27. The molecule has 7 nitrogen and oxygen atoms in total. The number of halogens is 3. The van der Waals surface area contributed by atoms with Crippen LogP contribution in [0, 0.1) is 13.8 Å². The van der Waals surface area contributed by atoms with Gasteiger partial charge in [0.05, 0.1) is 10.6 Å². The first-order valence-corrected chi connectivity index (χ1v) is 17.4. The van der Waals surface area contributed by atoms with E-state index >= 15 is 0 Å². The Hall–Kier alpha value is -2.78. The number of sulfonamides is 1. The van der Waals surface area contributed by atoms with Gasteiger partial charge in [-0.2, -0.15) is 0 Å². The fourth-order valence-corrected chi connectivity index (χ4v) is 7.60. The molecule has 1 unspecified atom stereocenters. The summed E-state index contributed by atoms with van der Waals surface area (Å²) in [6.45, 7) is 4.87. The van der Waals surface area contributed by atoms with E-state index in [9.17, 15) is 18.0 Å². The number of carbonyl (C=O) groups is 2. The minimum atomic E-state index is -4.22. The van der Waals surface area contributed by atoms with Crippen molar-refractivity contribution in [2.75, 3.05) is 10.8 Å². The molecular formula is C33H38Cl3N3O4S. The van der Waals surface area contributed by atoms with E-state index in [1.54, 1.807) is 49.4 Å². The summed E-state index contributed by atoms with van der Waals surface area (Å²) in [6, 6.07) is 15.5. The Morgan fingerprint density at radius 3 is 2.18 bits per heavy atom. The molecule has 3 aromatic carbocycles. The number of anilines is 1. The summed E-state index contributed by atoms with van der Waals surface area (Å²) in [5.41, 5.74) is 2.37. The maximum Gasteiger partial charge on any atom is 0.264 e. The second-order valence-electron chi connectivity index (χ2n) is 11.3. The Morgan fingerprint density at radius 2 is 1.55 bits per heavy atom. The molecule has 0 aliphatic heterocycles. The van der Waals surface area contributed by atoms with Crippen LogP contribution in [0.15, 0.2) is 65.6 Å². The van der Waals surface area contributed by atoms with Gasteiger partial charge in [0.15, 0.2) is 0 Å². The van der Waals surface area contributed by atoms with Crippen molar-refractivity contribution in [2.24, 2.45) is 0 Å². The molecule has 3 aromatic rings. The first-order chi connectivity index (χ1) is 20.9. The lowest BCUT2D eigenvalue weighted by Gasteiger charge is -2.35. The zero-order valence-electron chi connectivity index (χ0n) is 25.2. The number of amides is 2. The number of hydrogen-bond donors (Lipinski definition) is 1. The second kappa shape index (κ2) is 15.0. The summed E-state index contributed by atoms with van der Waals surface area (Å²) in [5, 5.41) is 4.24. The van der Waals surface area contributed by atoms with Crippen LogP contribution in [-0.4, -0.2) is 43.8 Å². The van der Waals surface area contributed by atoms with Gasteiger partial charge in [-0.05, 0) is 80.6 Å². The Balaban J connectivity index is 1.76. The van der Waals surface area contributed by atoms with Crippen molar-refractivity contribution in [1.82, 2.24) is 10.2 Å². The van der Waals surface area contributed by atoms with Crippen molar-refractivity contribution in [3.8, 4) is 0 Å². The van der Waals surface area contributed by atoms with Gasteiger partial charge in [0.2, 0.25) is 11.8 Å². The molecule has 1 aliphatic carbocycles. The van der Waals surface area contributed by atoms with Gasteiger partial charge in [-0.15, -0.1) is 0 Å². The average Bonchev–Trinajstić information content (AvgIpc) is 2.98. The highest BCUT2D eigenvalue weighted by Crippen LogP contribution is 2.31. The van der Waals surface area contributed by atoms with E-state index < -0.39 is 28.5 Å². The van der Waals surface area contributed by atoms with Crippen LogP contribution in [0.2, 0.25) is 15.1 Å². The molecule has 44 heavy (non-hydrogen) atoms. The van der Waals surface area contributed by atoms with E-state index in [4.69, 9.17) is 34.8 Å². The lowest BCUT2D eigenvalue weighted by molar-refractivity contribution is -0.140. The van der Waals surface area contributed by atoms with Gasteiger partial charge in [-0.25, -0.2) is 8.42 Å². The summed E-state index contributed by atoms with van der Waals surface area (Å²) in [7, 11) is -4.22. The monoisotopic (exact) mass is 677 g/mol. The van der Waals surface area contributed by atoms with Crippen molar-refractivity contribution >= 4 is 62.3 Å². The predicted molar refractivity (Wildman–Crippen MR) is 178 cm³/mol. The number of carbonyl (C=O) groups excluding carboxylic acids is 2. The third-order valence-corrected chi connectivity index (χ3v) is 10.6. The second-order valence-corrected chi connectivity index (χ2v) is 14.4. The van der Waals surface area contributed by atoms with Gasteiger partial charge in [-0.3, -0.25) is 13.9 Å². The highest BCUT2D eigenvalue weighted by Gasteiger charge is 2.35. The zero-order valence-corrected chi connectivity index (χ0v) is 28.2. The molecule has 1 atom stereocenters. The summed E-state index contributed by atoms with van der Waals surface area (Å²) < 4.78 is 29.4. The number of rotatable bonds is 11. The molecule has 0 aromatic heterocycles. The molecule has 1 saturated carbocycles. The van der Waals surface area contributed by atoms with Crippen molar-refractivity contribution in [3.63, 3.8) is 0 Å². The van der Waals surface area contributed by atoms with Gasteiger partial charge in [0, 0.05) is 27.7 Å². The lowest BCUT2D eigenvalue weighted by Crippen LogP contribution is -2.54. The van der Waals surface area contributed by atoms with Crippen LogP contribution in [0.25, 0.3) is 0 Å². The van der Waals surface area contributed by atoms with Gasteiger partial charge >= 0.3 is 0 Å². The van der Waals surface area contributed by atoms with Crippen molar-refractivity contribution in [2.45, 2.75) is 82.8 Å². The molecule has 0 spiro atoms. The van der Waals surface area contributed by atoms with Gasteiger partial charge < -0.3 is 10.2 Å². The van der Waals surface area contributed by atoms with Gasteiger partial charge in [0.25, 0.3) is 10.0 Å². The first-order valence-electron chi connectivity index (χ1n) is 14.8. The van der Waals surface area contributed by atoms with Crippen molar-refractivity contribution in [1.29, 1.82) is 0 Å². The van der Waals surface area contributed by atoms with Crippen LogP contribution < -0.4 is 9.62 Å². The smallest absolute Gasteiger partial charge is 0.264 e. The van der Waals surface area contributed by atoms with Crippen LogP contribution in [0.5, 0.6) is 0 Å². The van der Waals surface area contributed by atoms with Crippen LogP contribution in [0.1, 0.15) is 62.1 Å². The van der Waals surface area contributed by atoms with Gasteiger partial charge in [0.1, 0.15) is 12.6 Å². The minimum Gasteiger partial charge on any atom is -0.352 e. The Bertz CT molecular complexity index is 1590. The van der Waals surface area contributed by atoms with E-state index in [1.165, 1.54) is 23.1 Å². The lowest BCUT2D eigenvalue weighted by atomic mass is 9.95. The molecule has 11 heteroatoms. The normalized spacial score (nSPS) is 14.6. The third-order valence-electron chi connectivity index (χ3n) is 8.02. The largest absolute Gasteiger partial charge is 0.352 e. The first kappa shape index (κ1) is 34.1. The highest BCUT2D eigenvalue weighted by atomic mass is 35.5. The average molecular weight is 679 g/mol. The molecule has 1 aliphatic rings. The molecular weight excluding hydrogens is 641 g/mol. The molecule has 0 bridgehead atoms. The van der Waals surface area contributed by atoms with Crippen LogP contribution in [-0.2, 0) is 26.2 Å². The number of hydrogen-bond acceptors (Lipinski definition) is 4. The Labute approximate surface area is 275 Å². The zero-order chi connectivity index (χ0) is 32.0.